The predicted octanol–water partition coefficient (Wildman–Crippen LogP) is 6.04. The van der Waals surface area contributed by atoms with Crippen LogP contribution in [0.15, 0.2) is 65.6 Å². The third-order valence-corrected chi connectivity index (χ3v) is 7.36. The molecule has 7 nitrogen and oxygen atoms in total. The number of hydrogen-bond acceptors (Lipinski definition) is 6. The van der Waals surface area contributed by atoms with Crippen LogP contribution in [0.25, 0.3) is 0 Å². The highest BCUT2D eigenvalue weighted by molar-refractivity contribution is 7.92. The minimum atomic E-state index is -4.66. The molecule has 3 aromatic rings. The minimum absolute atomic E-state index is 0.0282. The number of alkyl halides is 3. The zero-order valence-corrected chi connectivity index (χ0v) is 21.5. The highest BCUT2D eigenvalue weighted by Crippen LogP contribution is 2.39. The molecule has 0 bridgehead atoms. The van der Waals surface area contributed by atoms with Gasteiger partial charge in [-0.1, -0.05) is 11.6 Å². The second kappa shape index (κ2) is 10.7. The lowest BCUT2D eigenvalue weighted by atomic mass is 10.1. The summed E-state index contributed by atoms with van der Waals surface area (Å²) in [7, 11) is -0.808. The van der Waals surface area contributed by atoms with Gasteiger partial charge in [-0.15, -0.1) is 0 Å². The molecule has 1 aliphatic heterocycles. The summed E-state index contributed by atoms with van der Waals surface area (Å²) < 4.78 is 85.3. The quantitative estimate of drug-likeness (QED) is 0.364. The molecule has 1 aliphatic rings. The van der Waals surface area contributed by atoms with Crippen molar-refractivity contribution in [3.8, 4) is 23.0 Å². The van der Waals surface area contributed by atoms with E-state index in [1.165, 1.54) is 25.3 Å². The lowest BCUT2D eigenvalue weighted by Gasteiger charge is -2.19. The molecule has 1 N–H and O–H groups in total. The van der Waals surface area contributed by atoms with Gasteiger partial charge in [-0.05, 0) is 68.1 Å². The van der Waals surface area contributed by atoms with Crippen LogP contribution in [-0.4, -0.2) is 46.7 Å². The molecule has 198 valence electrons. The summed E-state index contributed by atoms with van der Waals surface area (Å²) in [5.41, 5.74) is -1.06. The highest BCUT2D eigenvalue weighted by atomic mass is 35.5. The lowest BCUT2D eigenvalue weighted by Crippen LogP contribution is -2.23. The molecule has 12 heteroatoms. The monoisotopic (exact) mass is 556 g/mol. The molecule has 1 heterocycles. The van der Waals surface area contributed by atoms with Gasteiger partial charge in [0.1, 0.15) is 29.1 Å². The van der Waals surface area contributed by atoms with Crippen molar-refractivity contribution in [3.05, 3.63) is 71.2 Å². The van der Waals surface area contributed by atoms with Gasteiger partial charge in [-0.2, -0.15) is 13.2 Å². The topological polar surface area (TPSA) is 77.1 Å². The predicted molar refractivity (Wildman–Crippen MR) is 133 cm³/mol. The number of hydrogen-bond donors (Lipinski definition) is 1. The molecule has 0 unspecified atom stereocenters. The Balaban J connectivity index is 1.54. The molecule has 1 saturated heterocycles. The summed E-state index contributed by atoms with van der Waals surface area (Å²) in [6.45, 7) is 1.16. The summed E-state index contributed by atoms with van der Waals surface area (Å²) in [5, 5.41) is 0.0282. The highest BCUT2D eigenvalue weighted by Gasteiger charge is 2.36. The number of likely N-dealkylation sites (N-methyl/N-ethyl adjacent to an activating group) is 1. The van der Waals surface area contributed by atoms with Crippen LogP contribution in [0, 0.1) is 0 Å². The average molecular weight is 557 g/mol. The number of likely N-dealkylation sites (tertiary alicyclic amines) is 1. The Hall–Kier alpha value is -3.15. The Morgan fingerprint density at radius 2 is 1.70 bits per heavy atom. The smallest absolute Gasteiger partial charge is 0.419 e. The van der Waals surface area contributed by atoms with Crippen molar-refractivity contribution < 1.29 is 35.8 Å². The van der Waals surface area contributed by atoms with Crippen molar-refractivity contribution in [2.75, 3.05) is 32.0 Å². The fraction of sp³-hybridized carbons (Fsp3) is 0.280. The standard InChI is InChI=1S/C25H24ClF3N2O5S/c1-31-12-11-19(15-31)36-24-13-16(3-9-21(24)25(27,28)29)30-37(32,33)20-8-10-23(22(26)14-20)35-18-6-4-17(34-2)5-7-18/h3-10,13-14,19,30H,11-12,15H2,1-2H3/t19-/m1/s1. The van der Waals surface area contributed by atoms with Gasteiger partial charge in [-0.3, -0.25) is 4.72 Å². The number of sulfonamides is 1. The van der Waals surface area contributed by atoms with Crippen LogP contribution in [0.5, 0.6) is 23.0 Å². The number of nitrogens with one attached hydrogen (secondary N) is 1. The van der Waals surface area contributed by atoms with Gasteiger partial charge in [-0.25, -0.2) is 8.42 Å². The van der Waals surface area contributed by atoms with Crippen LogP contribution < -0.4 is 18.9 Å². The van der Waals surface area contributed by atoms with Gasteiger partial charge < -0.3 is 19.1 Å². The van der Waals surface area contributed by atoms with Gasteiger partial charge in [0.2, 0.25) is 0 Å². The lowest BCUT2D eigenvalue weighted by molar-refractivity contribution is -0.139. The normalized spacial score (nSPS) is 16.4. The molecule has 37 heavy (non-hydrogen) atoms. The van der Waals surface area contributed by atoms with E-state index in [4.69, 9.17) is 25.8 Å². The van der Waals surface area contributed by atoms with E-state index in [-0.39, 0.29) is 21.4 Å². The molecule has 0 amide bonds. The molecule has 0 aromatic heterocycles. The Morgan fingerprint density at radius 1 is 1.00 bits per heavy atom. The summed E-state index contributed by atoms with van der Waals surface area (Å²) in [6, 6.07) is 13.5. The van der Waals surface area contributed by atoms with Crippen molar-refractivity contribution in [1.82, 2.24) is 4.90 Å². The number of halogens is 4. The molecule has 1 fully saturated rings. The van der Waals surface area contributed by atoms with E-state index >= 15 is 0 Å². The first-order valence-corrected chi connectivity index (χ1v) is 13.0. The third kappa shape index (κ3) is 6.60. The van der Waals surface area contributed by atoms with Crippen LogP contribution in [-0.2, 0) is 16.2 Å². The van der Waals surface area contributed by atoms with Crippen LogP contribution in [0.1, 0.15) is 12.0 Å². The second-order valence-corrected chi connectivity index (χ2v) is 10.6. The van der Waals surface area contributed by atoms with E-state index < -0.39 is 33.6 Å². The Kier molecular flexibility index (Phi) is 7.77. The summed E-state index contributed by atoms with van der Waals surface area (Å²) in [5.74, 6) is 0.882. The van der Waals surface area contributed by atoms with Crippen molar-refractivity contribution in [2.45, 2.75) is 23.6 Å². The van der Waals surface area contributed by atoms with E-state index in [1.54, 1.807) is 24.3 Å². The summed E-state index contributed by atoms with van der Waals surface area (Å²) in [4.78, 5) is 1.75. The number of benzene rings is 3. The maximum Gasteiger partial charge on any atom is 0.419 e. The van der Waals surface area contributed by atoms with Crippen LogP contribution in [0.4, 0.5) is 18.9 Å². The fourth-order valence-corrected chi connectivity index (χ4v) is 5.16. The number of methoxy groups -OCH3 is 1. The molecule has 0 aliphatic carbocycles. The van der Waals surface area contributed by atoms with Crippen LogP contribution >= 0.6 is 11.6 Å². The number of nitrogens with zero attached hydrogens (tertiary/aromatic N) is 1. The van der Waals surface area contributed by atoms with Gasteiger partial charge in [0.15, 0.2) is 0 Å². The molecule has 3 aromatic carbocycles. The number of anilines is 1. The molecule has 0 saturated carbocycles. The van der Waals surface area contributed by atoms with E-state index in [0.717, 1.165) is 18.2 Å². The van der Waals surface area contributed by atoms with Crippen molar-refractivity contribution in [2.24, 2.45) is 0 Å². The first-order valence-electron chi connectivity index (χ1n) is 11.2. The van der Waals surface area contributed by atoms with Gasteiger partial charge >= 0.3 is 6.18 Å². The van der Waals surface area contributed by atoms with Gasteiger partial charge in [0.05, 0.1) is 28.3 Å². The molecular weight excluding hydrogens is 533 g/mol. The summed E-state index contributed by atoms with van der Waals surface area (Å²) >= 11 is 6.26. The molecular formula is C25H24ClF3N2O5S. The average Bonchev–Trinajstić information content (AvgIpc) is 3.24. The van der Waals surface area contributed by atoms with Crippen LogP contribution in [0.3, 0.4) is 0 Å². The zero-order valence-electron chi connectivity index (χ0n) is 19.9. The van der Waals surface area contributed by atoms with E-state index in [9.17, 15) is 21.6 Å². The first-order chi connectivity index (χ1) is 17.4. The molecule has 0 radical (unpaired) electrons. The SMILES string of the molecule is COc1ccc(Oc2ccc(S(=O)(=O)Nc3ccc(C(F)(F)F)c(O[C@@H]4CCN(C)C4)c3)cc2Cl)cc1. The van der Waals surface area contributed by atoms with E-state index in [1.807, 2.05) is 11.9 Å². The Bertz CT molecular complexity index is 1370. The maximum atomic E-state index is 13.5. The molecule has 1 atom stereocenters. The second-order valence-electron chi connectivity index (χ2n) is 8.47. The number of ether oxygens (including phenoxy) is 3. The van der Waals surface area contributed by atoms with Crippen molar-refractivity contribution >= 4 is 27.3 Å². The van der Waals surface area contributed by atoms with E-state index in [2.05, 4.69) is 4.72 Å². The van der Waals surface area contributed by atoms with Crippen LogP contribution in [0.2, 0.25) is 5.02 Å². The maximum absolute atomic E-state index is 13.5. The minimum Gasteiger partial charge on any atom is -0.497 e. The Morgan fingerprint density at radius 3 is 2.30 bits per heavy atom. The molecule has 0 spiro atoms. The van der Waals surface area contributed by atoms with Crippen molar-refractivity contribution in [3.63, 3.8) is 0 Å². The first kappa shape index (κ1) is 26.9. The van der Waals surface area contributed by atoms with Gasteiger partial charge in [0.25, 0.3) is 10.0 Å². The third-order valence-electron chi connectivity index (χ3n) is 5.68. The Labute approximate surface area is 217 Å². The number of rotatable bonds is 8. The fourth-order valence-electron chi connectivity index (χ4n) is 3.80. The molecule has 4 rings (SSSR count). The largest absolute Gasteiger partial charge is 0.497 e. The zero-order chi connectivity index (χ0) is 26.8. The van der Waals surface area contributed by atoms with E-state index in [0.29, 0.717) is 31.0 Å². The van der Waals surface area contributed by atoms with Gasteiger partial charge in [0, 0.05) is 19.2 Å². The van der Waals surface area contributed by atoms with Crippen molar-refractivity contribution in [1.29, 1.82) is 0 Å². The summed E-state index contributed by atoms with van der Waals surface area (Å²) in [6.07, 6.45) is -4.53.